The van der Waals surface area contributed by atoms with Crippen molar-refractivity contribution in [1.82, 2.24) is 1.33 Å². The van der Waals surface area contributed by atoms with Gasteiger partial charge >= 0.3 is 5.97 Å². The molecule has 0 fully saturated rings. The summed E-state index contributed by atoms with van der Waals surface area (Å²) in [4.78, 5) is 10.6. The number of hydrogen-bond donors (Lipinski definition) is 1. The first kappa shape index (κ1) is 11.9. The lowest BCUT2D eigenvalue weighted by atomic mass is 10.1. The molecule has 0 radical (unpaired) electrons. The van der Waals surface area contributed by atoms with Crippen LogP contribution < -0.4 is 0 Å². The molecule has 0 aliphatic carbocycles. The van der Waals surface area contributed by atoms with Crippen molar-refractivity contribution in [3.8, 4) is 0 Å². The van der Waals surface area contributed by atoms with Crippen LogP contribution in [0.5, 0.6) is 0 Å². The molecule has 11 heavy (non-hydrogen) atoms. The van der Waals surface area contributed by atoms with Crippen molar-refractivity contribution in [3.63, 3.8) is 0 Å². The highest BCUT2D eigenvalue weighted by atomic mass is 127. The summed E-state index contributed by atoms with van der Waals surface area (Å²) >= 11 is 3.98. The lowest BCUT2D eigenvalue weighted by Gasteiger charge is -2.17. The quantitative estimate of drug-likeness (QED) is 0.600. The molecule has 0 aromatic heterocycles. The van der Waals surface area contributed by atoms with E-state index in [4.69, 9.17) is 5.11 Å². The Balaban J connectivity index is 4.01. The Morgan fingerprint density at radius 2 is 2.00 bits per heavy atom. The smallest absolute Gasteiger partial charge is 0.322 e. The van der Waals surface area contributed by atoms with Gasteiger partial charge in [-0.1, -0.05) is 13.8 Å². The Kier molecular flexibility index (Phi) is 5.97. The Morgan fingerprint density at radius 1 is 1.55 bits per heavy atom. The van der Waals surface area contributed by atoms with E-state index in [-0.39, 0.29) is 6.04 Å². The first-order chi connectivity index (χ1) is 4.95. The van der Waals surface area contributed by atoms with Crippen LogP contribution in [-0.4, -0.2) is 18.4 Å². The van der Waals surface area contributed by atoms with Gasteiger partial charge in [-0.3, -0.25) is 4.79 Å². The van der Waals surface area contributed by atoms with Crippen molar-refractivity contribution in [2.24, 2.45) is 5.92 Å². The molecule has 0 aliphatic heterocycles. The zero-order valence-corrected chi connectivity index (χ0v) is 10.7. The minimum Gasteiger partial charge on any atom is -0.480 e. The Hall–Kier alpha value is 0.890. The molecule has 0 unspecified atom stereocenters. The maximum Gasteiger partial charge on any atom is 0.322 e. The second kappa shape index (κ2) is 5.52. The van der Waals surface area contributed by atoms with E-state index in [2.05, 4.69) is 0 Å². The molecule has 0 saturated carbocycles. The fraction of sp³-hybridized carbons (Fsp3) is 0.833. The molecule has 0 saturated heterocycles. The molecule has 0 rings (SSSR count). The van der Waals surface area contributed by atoms with Gasteiger partial charge in [-0.25, -0.2) is 0 Å². The molecule has 0 heterocycles. The van der Waals surface area contributed by atoms with Gasteiger partial charge < -0.3 is 5.11 Å². The summed E-state index contributed by atoms with van der Waals surface area (Å²) in [5, 5.41) is 8.74. The molecule has 3 nitrogen and oxygen atoms in total. The summed E-state index contributed by atoms with van der Waals surface area (Å²) in [5.41, 5.74) is 0. The van der Waals surface area contributed by atoms with Crippen molar-refractivity contribution in [2.45, 2.75) is 26.3 Å². The molecular weight excluding hydrogens is 372 g/mol. The fourth-order valence-electron chi connectivity index (χ4n) is 0.711. The number of carboxylic acids is 1. The van der Waals surface area contributed by atoms with Gasteiger partial charge in [0.05, 0.1) is 0 Å². The van der Waals surface area contributed by atoms with Crippen LogP contribution >= 0.6 is 45.7 Å². The SMILES string of the molecule is CC(C)C[C@@H](C(=O)O)N(I)I. The van der Waals surface area contributed by atoms with Gasteiger partial charge in [-0.2, -0.15) is 1.33 Å². The average Bonchev–Trinajstić information content (AvgIpc) is 1.81. The van der Waals surface area contributed by atoms with E-state index >= 15 is 0 Å². The van der Waals surface area contributed by atoms with Crippen LogP contribution in [0.3, 0.4) is 0 Å². The fourth-order valence-corrected chi connectivity index (χ4v) is 1.64. The summed E-state index contributed by atoms with van der Waals surface area (Å²) in [7, 11) is 0. The molecule has 1 N–H and O–H groups in total. The first-order valence-electron chi connectivity index (χ1n) is 3.28. The Labute approximate surface area is 94.5 Å². The van der Waals surface area contributed by atoms with Crippen molar-refractivity contribution in [3.05, 3.63) is 0 Å². The third-order valence-corrected chi connectivity index (χ3v) is 2.56. The van der Waals surface area contributed by atoms with Gasteiger partial charge in [0.1, 0.15) is 6.04 Å². The van der Waals surface area contributed by atoms with Crippen molar-refractivity contribution < 1.29 is 9.90 Å². The van der Waals surface area contributed by atoms with E-state index in [9.17, 15) is 4.79 Å². The maximum absolute atomic E-state index is 10.6. The van der Waals surface area contributed by atoms with Crippen LogP contribution in [0.15, 0.2) is 0 Å². The molecule has 0 aromatic rings. The maximum atomic E-state index is 10.6. The van der Waals surface area contributed by atoms with Crippen LogP contribution in [0.25, 0.3) is 0 Å². The summed E-state index contributed by atoms with van der Waals surface area (Å²) in [5.74, 6) is -0.328. The van der Waals surface area contributed by atoms with Crippen LogP contribution in [-0.2, 0) is 4.79 Å². The number of hydrogen-bond acceptors (Lipinski definition) is 2. The first-order valence-corrected chi connectivity index (χ1v) is 5.21. The normalized spacial score (nSPS) is 14.0. The number of aliphatic carboxylic acids is 1. The van der Waals surface area contributed by atoms with Crippen molar-refractivity contribution in [1.29, 1.82) is 0 Å². The number of nitrogens with zero attached hydrogens (tertiary/aromatic N) is 1. The third-order valence-electron chi connectivity index (χ3n) is 1.22. The number of rotatable bonds is 4. The summed E-state index contributed by atoms with van der Waals surface area (Å²) in [6, 6.07) is -0.365. The van der Waals surface area contributed by atoms with E-state index in [1.165, 1.54) is 0 Å². The van der Waals surface area contributed by atoms with Gasteiger partial charge in [0.25, 0.3) is 0 Å². The van der Waals surface area contributed by atoms with E-state index in [0.29, 0.717) is 12.3 Å². The molecular formula is C6H11I2NO2. The molecule has 0 aliphatic rings. The third kappa shape index (κ3) is 5.18. The molecule has 66 valence electrons. The van der Waals surface area contributed by atoms with Gasteiger partial charge in [0.2, 0.25) is 0 Å². The monoisotopic (exact) mass is 383 g/mol. The second-order valence-electron chi connectivity index (χ2n) is 2.74. The van der Waals surface area contributed by atoms with Crippen LogP contribution in [0.2, 0.25) is 0 Å². The van der Waals surface area contributed by atoms with E-state index in [0.717, 1.165) is 0 Å². The van der Waals surface area contributed by atoms with Crippen molar-refractivity contribution in [2.75, 3.05) is 0 Å². The van der Waals surface area contributed by atoms with E-state index in [1.807, 2.05) is 59.6 Å². The van der Waals surface area contributed by atoms with Crippen LogP contribution in [0.1, 0.15) is 20.3 Å². The summed E-state index contributed by atoms with van der Waals surface area (Å²) in [6.45, 7) is 4.04. The predicted octanol–water partition coefficient (Wildman–Crippen LogP) is 2.49. The van der Waals surface area contributed by atoms with Crippen LogP contribution in [0, 0.1) is 5.92 Å². The minimum atomic E-state index is -0.748. The number of carbonyl (C=O) groups is 1. The zero-order valence-electron chi connectivity index (χ0n) is 6.42. The topological polar surface area (TPSA) is 40.5 Å². The number of halogens is 2. The lowest BCUT2D eigenvalue weighted by Crippen LogP contribution is -2.29. The Morgan fingerprint density at radius 3 is 2.09 bits per heavy atom. The molecule has 1 atom stereocenters. The van der Waals surface area contributed by atoms with Gasteiger partial charge in [-0.15, -0.1) is 0 Å². The standard InChI is InChI=1S/C6H11I2NO2/c1-4(2)3-5(6(10)11)9(7)8/h4-5H,3H2,1-2H3,(H,10,11)/t5-/m0/s1. The molecule has 0 aromatic carbocycles. The predicted molar refractivity (Wildman–Crippen MR) is 60.8 cm³/mol. The Bertz CT molecular complexity index is 139. The number of carboxylic acid groups (broad SMARTS) is 1. The molecule has 5 heteroatoms. The molecule has 0 amide bonds. The van der Waals surface area contributed by atoms with Crippen LogP contribution in [0.4, 0.5) is 0 Å². The molecule has 0 spiro atoms. The summed E-state index contributed by atoms with van der Waals surface area (Å²) in [6.07, 6.45) is 0.696. The highest BCUT2D eigenvalue weighted by Crippen LogP contribution is 2.19. The van der Waals surface area contributed by atoms with Crippen molar-refractivity contribution >= 4 is 51.7 Å². The van der Waals surface area contributed by atoms with E-state index < -0.39 is 5.97 Å². The lowest BCUT2D eigenvalue weighted by molar-refractivity contribution is -0.140. The van der Waals surface area contributed by atoms with Gasteiger partial charge in [-0.05, 0) is 12.3 Å². The van der Waals surface area contributed by atoms with Gasteiger partial charge in [0, 0.05) is 45.7 Å². The average molecular weight is 383 g/mol. The minimum absolute atomic E-state index is 0.365. The second-order valence-corrected chi connectivity index (χ2v) is 6.67. The molecule has 0 bridgehead atoms. The highest BCUT2D eigenvalue weighted by molar-refractivity contribution is 14.2. The largest absolute Gasteiger partial charge is 0.480 e. The summed E-state index contributed by atoms with van der Waals surface area (Å²) < 4.78 is 1.68. The van der Waals surface area contributed by atoms with E-state index in [1.54, 1.807) is 1.33 Å². The highest BCUT2D eigenvalue weighted by Gasteiger charge is 2.22. The zero-order chi connectivity index (χ0) is 9.02. The van der Waals surface area contributed by atoms with Gasteiger partial charge in [0.15, 0.2) is 0 Å².